The Morgan fingerprint density at radius 3 is 2.81 bits per heavy atom. The number of thioether (sulfide) groups is 1. The Labute approximate surface area is 159 Å². The van der Waals surface area contributed by atoms with Gasteiger partial charge in [0.1, 0.15) is 11.3 Å². The van der Waals surface area contributed by atoms with Crippen molar-refractivity contribution in [1.29, 1.82) is 0 Å². The number of ether oxygens (including phenoxy) is 1. The molecule has 0 saturated heterocycles. The fraction of sp³-hybridized carbons (Fsp3) is 0.222. The minimum Gasteiger partial charge on any atom is -0.494 e. The van der Waals surface area contributed by atoms with Gasteiger partial charge < -0.3 is 4.74 Å². The summed E-state index contributed by atoms with van der Waals surface area (Å²) in [5, 5.41) is 0.480. The Kier molecular flexibility index (Phi) is 5.85. The molecule has 2 heterocycles. The zero-order valence-corrected chi connectivity index (χ0v) is 16.0. The lowest BCUT2D eigenvalue weighted by Gasteiger charge is -2.19. The topological polar surface area (TPSA) is 72.4 Å². The fourth-order valence-electron chi connectivity index (χ4n) is 2.37. The molecule has 0 fully saturated rings. The molecule has 1 aromatic carbocycles. The molecular formula is C18H17N3O3S2. The molecule has 6 nitrogen and oxygen atoms in total. The second kappa shape index (κ2) is 8.29. The standard InChI is InChI=1S/C18H17N3O3S2/c1-12(22)25-11-16(23)21(10-13-5-4-8-19-9-13)18-20-17-14(24-2)6-3-7-15(17)26-18/h3-9H,10-11H2,1-2H3. The Hall–Kier alpha value is -2.45. The highest BCUT2D eigenvalue weighted by Gasteiger charge is 2.21. The van der Waals surface area contributed by atoms with E-state index in [1.165, 1.54) is 18.3 Å². The van der Waals surface area contributed by atoms with Crippen LogP contribution in [0, 0.1) is 0 Å². The summed E-state index contributed by atoms with van der Waals surface area (Å²) >= 11 is 2.41. The molecule has 1 amide bonds. The molecule has 26 heavy (non-hydrogen) atoms. The quantitative estimate of drug-likeness (QED) is 0.644. The third kappa shape index (κ3) is 4.20. The summed E-state index contributed by atoms with van der Waals surface area (Å²) in [6.45, 7) is 1.79. The van der Waals surface area contributed by atoms with Gasteiger partial charge in [-0.15, -0.1) is 0 Å². The van der Waals surface area contributed by atoms with E-state index >= 15 is 0 Å². The van der Waals surface area contributed by atoms with Crippen LogP contribution in [-0.2, 0) is 16.1 Å². The van der Waals surface area contributed by atoms with Crippen molar-refractivity contribution in [2.45, 2.75) is 13.5 Å². The van der Waals surface area contributed by atoms with E-state index in [0.29, 0.717) is 17.4 Å². The number of aromatic nitrogens is 2. The maximum Gasteiger partial charge on any atom is 0.239 e. The molecule has 0 N–H and O–H groups in total. The molecule has 0 atom stereocenters. The van der Waals surface area contributed by atoms with Crippen LogP contribution in [0.4, 0.5) is 5.13 Å². The number of thiazole rings is 1. The number of fused-ring (bicyclic) bond motifs is 1. The highest BCUT2D eigenvalue weighted by Crippen LogP contribution is 2.34. The van der Waals surface area contributed by atoms with Crippen LogP contribution >= 0.6 is 23.1 Å². The third-order valence-electron chi connectivity index (χ3n) is 3.58. The van der Waals surface area contributed by atoms with Crippen LogP contribution in [0.5, 0.6) is 5.75 Å². The lowest BCUT2D eigenvalue weighted by Crippen LogP contribution is -2.32. The third-order valence-corrected chi connectivity index (χ3v) is 5.43. The van der Waals surface area contributed by atoms with Gasteiger partial charge in [0, 0.05) is 19.3 Å². The average Bonchev–Trinajstić information content (AvgIpc) is 3.08. The number of carbonyl (C=O) groups excluding carboxylic acids is 2. The molecule has 0 aliphatic heterocycles. The molecule has 0 aliphatic carbocycles. The van der Waals surface area contributed by atoms with Crippen molar-refractivity contribution in [3.05, 3.63) is 48.3 Å². The molecule has 0 aliphatic rings. The number of para-hydroxylation sites is 1. The Morgan fingerprint density at radius 2 is 2.12 bits per heavy atom. The summed E-state index contributed by atoms with van der Waals surface area (Å²) in [7, 11) is 1.59. The van der Waals surface area contributed by atoms with E-state index in [1.54, 1.807) is 24.4 Å². The van der Waals surface area contributed by atoms with Crippen molar-refractivity contribution in [1.82, 2.24) is 9.97 Å². The number of hydrogen-bond acceptors (Lipinski definition) is 7. The highest BCUT2D eigenvalue weighted by molar-refractivity contribution is 8.14. The molecular weight excluding hydrogens is 370 g/mol. The van der Waals surface area contributed by atoms with Crippen molar-refractivity contribution in [2.24, 2.45) is 0 Å². The van der Waals surface area contributed by atoms with Gasteiger partial charge in [0.05, 0.1) is 24.1 Å². The molecule has 3 rings (SSSR count). The zero-order chi connectivity index (χ0) is 18.5. The molecule has 2 aromatic heterocycles. The Balaban J connectivity index is 1.96. The number of amides is 1. The van der Waals surface area contributed by atoms with Crippen LogP contribution < -0.4 is 9.64 Å². The summed E-state index contributed by atoms with van der Waals surface area (Å²) in [6.07, 6.45) is 3.40. The monoisotopic (exact) mass is 387 g/mol. The van der Waals surface area contributed by atoms with Crippen molar-refractivity contribution >= 4 is 49.5 Å². The lowest BCUT2D eigenvalue weighted by molar-refractivity contribution is -0.116. The number of carbonyl (C=O) groups is 2. The molecule has 134 valence electrons. The van der Waals surface area contributed by atoms with E-state index in [9.17, 15) is 9.59 Å². The largest absolute Gasteiger partial charge is 0.494 e. The van der Waals surface area contributed by atoms with Gasteiger partial charge in [-0.2, -0.15) is 0 Å². The van der Waals surface area contributed by atoms with Crippen LogP contribution in [0.25, 0.3) is 10.2 Å². The van der Waals surface area contributed by atoms with E-state index in [-0.39, 0.29) is 16.8 Å². The van der Waals surface area contributed by atoms with E-state index in [1.807, 2.05) is 30.3 Å². The molecule has 8 heteroatoms. The SMILES string of the molecule is COc1cccc2sc(N(Cc3cccnc3)C(=O)CSC(C)=O)nc12. The van der Waals surface area contributed by atoms with Crippen molar-refractivity contribution in [3.63, 3.8) is 0 Å². The second-order valence-corrected chi connectivity index (χ2v) is 7.59. The highest BCUT2D eigenvalue weighted by atomic mass is 32.2. The van der Waals surface area contributed by atoms with Gasteiger partial charge in [0.25, 0.3) is 0 Å². The van der Waals surface area contributed by atoms with Gasteiger partial charge in [-0.1, -0.05) is 35.2 Å². The van der Waals surface area contributed by atoms with E-state index < -0.39 is 0 Å². The van der Waals surface area contributed by atoms with Crippen LogP contribution in [0.3, 0.4) is 0 Å². The molecule has 0 radical (unpaired) electrons. The number of methoxy groups -OCH3 is 1. The van der Waals surface area contributed by atoms with Crippen LogP contribution in [0.15, 0.2) is 42.7 Å². The van der Waals surface area contributed by atoms with Gasteiger partial charge in [-0.3, -0.25) is 19.5 Å². The summed E-state index contributed by atoms with van der Waals surface area (Å²) in [5.41, 5.74) is 1.61. The summed E-state index contributed by atoms with van der Waals surface area (Å²) in [4.78, 5) is 34.3. The summed E-state index contributed by atoms with van der Waals surface area (Å²) < 4.78 is 6.29. The zero-order valence-electron chi connectivity index (χ0n) is 14.3. The minimum absolute atomic E-state index is 0.0721. The first-order valence-electron chi connectivity index (χ1n) is 7.84. The predicted octanol–water partition coefficient (Wildman–Crippen LogP) is 3.51. The molecule has 0 unspecified atom stereocenters. The van der Waals surface area contributed by atoms with E-state index in [2.05, 4.69) is 9.97 Å². The number of nitrogens with zero attached hydrogens (tertiary/aromatic N) is 3. The maximum atomic E-state index is 12.8. The van der Waals surface area contributed by atoms with Gasteiger partial charge >= 0.3 is 0 Å². The van der Waals surface area contributed by atoms with Gasteiger partial charge in [-0.25, -0.2) is 4.98 Å². The minimum atomic E-state index is -0.174. The second-order valence-electron chi connectivity index (χ2n) is 5.42. The van der Waals surface area contributed by atoms with Crippen LogP contribution in [0.2, 0.25) is 0 Å². The fourth-order valence-corrected chi connectivity index (χ4v) is 3.85. The van der Waals surface area contributed by atoms with Crippen molar-refractivity contribution < 1.29 is 14.3 Å². The van der Waals surface area contributed by atoms with E-state index in [0.717, 1.165) is 27.5 Å². The summed E-state index contributed by atoms with van der Waals surface area (Å²) in [6, 6.07) is 9.39. The number of benzene rings is 1. The molecule has 0 bridgehead atoms. The normalized spacial score (nSPS) is 10.7. The smallest absolute Gasteiger partial charge is 0.239 e. The number of hydrogen-bond donors (Lipinski definition) is 0. The van der Waals surface area contributed by atoms with Crippen molar-refractivity contribution in [3.8, 4) is 5.75 Å². The summed E-state index contributed by atoms with van der Waals surface area (Å²) in [5.74, 6) is 0.562. The molecule has 0 spiro atoms. The van der Waals surface area contributed by atoms with Crippen LogP contribution in [-0.4, -0.2) is 33.9 Å². The van der Waals surface area contributed by atoms with Gasteiger partial charge in [0.15, 0.2) is 10.2 Å². The predicted molar refractivity (Wildman–Crippen MR) is 105 cm³/mol. The Bertz CT molecular complexity index is 928. The first-order chi connectivity index (χ1) is 12.6. The number of pyridine rings is 1. The number of anilines is 1. The van der Waals surface area contributed by atoms with E-state index in [4.69, 9.17) is 4.74 Å². The Morgan fingerprint density at radius 1 is 1.27 bits per heavy atom. The maximum absolute atomic E-state index is 12.8. The van der Waals surface area contributed by atoms with Gasteiger partial charge in [0.2, 0.25) is 5.91 Å². The number of rotatable bonds is 6. The van der Waals surface area contributed by atoms with Gasteiger partial charge in [-0.05, 0) is 23.8 Å². The lowest BCUT2D eigenvalue weighted by atomic mass is 10.2. The van der Waals surface area contributed by atoms with Crippen LogP contribution in [0.1, 0.15) is 12.5 Å². The van der Waals surface area contributed by atoms with Crippen molar-refractivity contribution in [2.75, 3.05) is 17.8 Å². The average molecular weight is 387 g/mol. The molecule has 0 saturated carbocycles. The first-order valence-corrected chi connectivity index (χ1v) is 9.65. The molecule has 3 aromatic rings. The first kappa shape index (κ1) is 18.3.